The fraction of sp³-hybridized carbons (Fsp3) is 0.462. The molecule has 0 rings (SSSR count). The molecule has 22 heavy (non-hydrogen) atoms. The molecule has 0 saturated heterocycles. The van der Waals surface area contributed by atoms with Crippen molar-refractivity contribution in [3.05, 3.63) is 24.8 Å². The van der Waals surface area contributed by atoms with Crippen molar-refractivity contribution in [2.45, 2.75) is 13.3 Å². The molecule has 0 atom stereocenters. The van der Waals surface area contributed by atoms with E-state index in [0.29, 0.717) is 0 Å². The highest BCUT2D eigenvalue weighted by Gasteiger charge is 2.20. The Bertz CT molecular complexity index is 375. The van der Waals surface area contributed by atoms with Crippen LogP contribution in [0.5, 0.6) is 0 Å². The van der Waals surface area contributed by atoms with Crippen LogP contribution in [0, 0.1) is 5.41 Å². The number of hydrogen-bond donors (Lipinski definition) is 6. The van der Waals surface area contributed by atoms with E-state index in [1.807, 2.05) is 0 Å². The fourth-order valence-corrected chi connectivity index (χ4v) is 0.408. The highest BCUT2D eigenvalue weighted by molar-refractivity contribution is 5.91. The lowest BCUT2D eigenvalue weighted by atomic mass is 9.95. The minimum absolute atomic E-state index is 0.181. The molecule has 0 unspecified atom stereocenters. The van der Waals surface area contributed by atoms with Gasteiger partial charge in [-0.25, -0.2) is 9.59 Å². The zero-order chi connectivity index (χ0) is 18.3. The van der Waals surface area contributed by atoms with Crippen LogP contribution in [0.2, 0.25) is 0 Å². The number of carbonyl (C=O) groups is 3. The largest absolute Gasteiger partial charge is 0.481 e. The second-order valence-corrected chi connectivity index (χ2v) is 4.31. The average Bonchev–Trinajstić information content (AvgIpc) is 2.46. The molecular formula is C13H22O9. The van der Waals surface area contributed by atoms with Gasteiger partial charge in [0, 0.05) is 17.1 Å². The summed E-state index contributed by atoms with van der Waals surface area (Å²) in [6.07, 6.45) is 0.329. The summed E-state index contributed by atoms with van der Waals surface area (Å²) in [6.45, 7) is 7.04. The van der Waals surface area contributed by atoms with E-state index in [-0.39, 0.29) is 25.4 Å². The minimum Gasteiger partial charge on any atom is -0.481 e. The zero-order valence-corrected chi connectivity index (χ0v) is 12.2. The van der Waals surface area contributed by atoms with Crippen LogP contribution in [0.3, 0.4) is 0 Å². The predicted octanol–water partition coefficient (Wildman–Crippen LogP) is -0.671. The van der Waals surface area contributed by atoms with Crippen molar-refractivity contribution in [2.24, 2.45) is 5.41 Å². The van der Waals surface area contributed by atoms with E-state index in [2.05, 4.69) is 13.2 Å². The van der Waals surface area contributed by atoms with Gasteiger partial charge in [-0.2, -0.15) is 0 Å². The summed E-state index contributed by atoms with van der Waals surface area (Å²) in [7, 11) is 0. The maximum Gasteiger partial charge on any atom is 0.331 e. The van der Waals surface area contributed by atoms with Gasteiger partial charge < -0.3 is 30.6 Å². The van der Waals surface area contributed by atoms with Crippen LogP contribution < -0.4 is 0 Å². The van der Waals surface area contributed by atoms with Gasteiger partial charge in [-0.15, -0.1) is 0 Å². The summed E-state index contributed by atoms with van der Waals surface area (Å²) in [6, 6.07) is 0. The van der Waals surface area contributed by atoms with Crippen LogP contribution >= 0.6 is 0 Å². The number of hydrogen-bond acceptors (Lipinski definition) is 6. The zero-order valence-electron chi connectivity index (χ0n) is 12.2. The van der Waals surface area contributed by atoms with Gasteiger partial charge in [0.2, 0.25) is 0 Å². The summed E-state index contributed by atoms with van der Waals surface area (Å²) in [4.78, 5) is 28.9. The van der Waals surface area contributed by atoms with Gasteiger partial charge >= 0.3 is 17.9 Å². The Labute approximate surface area is 127 Å². The molecular weight excluding hydrogens is 300 g/mol. The standard InChI is InChI=1S/C5H6O4.C5H12O3.C3H4O2/c1-3(5(8)9)2-4(6)7;1-5(2-6,3-7)4-8;1-2-3(4)5/h1-2H2,(H,6,7)(H,8,9);6-8H,2-4H2,1H3;2H,1H2,(H,4,5). The number of aliphatic carboxylic acids is 3. The van der Waals surface area contributed by atoms with Gasteiger partial charge in [-0.1, -0.05) is 20.1 Å². The third kappa shape index (κ3) is 17.8. The van der Waals surface area contributed by atoms with Gasteiger partial charge in [0.25, 0.3) is 0 Å². The second kappa shape index (κ2) is 13.7. The topological polar surface area (TPSA) is 173 Å². The number of aliphatic hydroxyl groups is 3. The molecule has 0 saturated carbocycles. The molecule has 0 aliphatic heterocycles. The lowest BCUT2D eigenvalue weighted by Crippen LogP contribution is -2.29. The van der Waals surface area contributed by atoms with E-state index >= 15 is 0 Å². The third-order valence-corrected chi connectivity index (χ3v) is 1.99. The lowest BCUT2D eigenvalue weighted by molar-refractivity contribution is -0.139. The monoisotopic (exact) mass is 322 g/mol. The molecule has 0 heterocycles. The maximum absolute atomic E-state index is 9.87. The molecule has 0 radical (unpaired) electrons. The molecule has 0 aromatic heterocycles. The van der Waals surface area contributed by atoms with Crippen molar-refractivity contribution in [3.8, 4) is 0 Å². The normalized spacial score (nSPS) is 9.27. The molecule has 0 amide bonds. The lowest BCUT2D eigenvalue weighted by Gasteiger charge is -2.20. The first kappa shape index (κ1) is 24.8. The van der Waals surface area contributed by atoms with Crippen molar-refractivity contribution in [2.75, 3.05) is 19.8 Å². The maximum atomic E-state index is 9.87. The fourth-order valence-electron chi connectivity index (χ4n) is 0.408. The first-order chi connectivity index (χ1) is 9.99. The molecule has 6 N–H and O–H groups in total. The van der Waals surface area contributed by atoms with Gasteiger partial charge in [0.1, 0.15) is 0 Å². The molecule has 9 nitrogen and oxygen atoms in total. The molecule has 9 heteroatoms. The summed E-state index contributed by atoms with van der Waals surface area (Å²) in [5, 5.41) is 49.1. The predicted molar refractivity (Wildman–Crippen MR) is 76.2 cm³/mol. The van der Waals surface area contributed by atoms with Gasteiger partial charge in [0.15, 0.2) is 0 Å². The molecule has 0 aromatic rings. The number of carboxylic acids is 3. The van der Waals surface area contributed by atoms with Crippen LogP contribution in [0.15, 0.2) is 24.8 Å². The van der Waals surface area contributed by atoms with Crippen LogP contribution in [0.1, 0.15) is 13.3 Å². The smallest absolute Gasteiger partial charge is 0.331 e. The van der Waals surface area contributed by atoms with Crippen molar-refractivity contribution in [3.63, 3.8) is 0 Å². The Morgan fingerprint density at radius 2 is 1.32 bits per heavy atom. The van der Waals surface area contributed by atoms with Crippen LogP contribution in [0.25, 0.3) is 0 Å². The Hall–Kier alpha value is -2.23. The van der Waals surface area contributed by atoms with Crippen LogP contribution in [-0.2, 0) is 14.4 Å². The van der Waals surface area contributed by atoms with Crippen molar-refractivity contribution in [1.29, 1.82) is 0 Å². The molecule has 0 aromatic carbocycles. The Kier molecular flexibility index (Phi) is 15.5. The van der Waals surface area contributed by atoms with Crippen LogP contribution in [-0.4, -0.2) is 68.4 Å². The Balaban J connectivity index is -0.000000257. The SMILES string of the molecule is C=C(CC(=O)O)C(=O)O.C=CC(=O)O.CC(CO)(CO)CO. The second-order valence-electron chi connectivity index (χ2n) is 4.31. The molecule has 0 aliphatic rings. The first-order valence-corrected chi connectivity index (χ1v) is 5.80. The molecule has 0 spiro atoms. The summed E-state index contributed by atoms with van der Waals surface area (Å²) in [5.74, 6) is -3.43. The van der Waals surface area contributed by atoms with Gasteiger partial charge in [-0.3, -0.25) is 4.79 Å². The number of rotatable bonds is 7. The van der Waals surface area contributed by atoms with Crippen molar-refractivity contribution >= 4 is 17.9 Å². The van der Waals surface area contributed by atoms with E-state index in [1.165, 1.54) is 0 Å². The van der Waals surface area contributed by atoms with Crippen LogP contribution in [0.4, 0.5) is 0 Å². The molecule has 128 valence electrons. The van der Waals surface area contributed by atoms with E-state index < -0.39 is 29.7 Å². The summed E-state index contributed by atoms with van der Waals surface area (Å²) >= 11 is 0. The average molecular weight is 322 g/mol. The summed E-state index contributed by atoms with van der Waals surface area (Å²) < 4.78 is 0. The van der Waals surface area contributed by atoms with E-state index in [0.717, 1.165) is 6.08 Å². The van der Waals surface area contributed by atoms with Crippen molar-refractivity contribution in [1.82, 2.24) is 0 Å². The third-order valence-electron chi connectivity index (χ3n) is 1.99. The molecule has 0 bridgehead atoms. The molecule has 0 aliphatic carbocycles. The Morgan fingerprint density at radius 3 is 1.36 bits per heavy atom. The highest BCUT2D eigenvalue weighted by atomic mass is 16.4. The van der Waals surface area contributed by atoms with Gasteiger partial charge in [-0.05, 0) is 0 Å². The highest BCUT2D eigenvalue weighted by Crippen LogP contribution is 2.10. The van der Waals surface area contributed by atoms with Crippen molar-refractivity contribution < 1.29 is 45.0 Å². The minimum atomic E-state index is -1.27. The summed E-state index contributed by atoms with van der Waals surface area (Å²) in [5.41, 5.74) is -1.01. The van der Waals surface area contributed by atoms with E-state index in [1.54, 1.807) is 6.92 Å². The number of carboxylic acid groups (broad SMARTS) is 3. The van der Waals surface area contributed by atoms with E-state index in [9.17, 15) is 14.4 Å². The molecule has 0 fully saturated rings. The first-order valence-electron chi connectivity index (χ1n) is 5.80. The number of aliphatic hydroxyl groups excluding tert-OH is 3. The van der Waals surface area contributed by atoms with Gasteiger partial charge in [0.05, 0.1) is 26.2 Å². The van der Waals surface area contributed by atoms with E-state index in [4.69, 9.17) is 30.6 Å². The quantitative estimate of drug-likeness (QED) is 0.332. The Morgan fingerprint density at radius 1 is 1.00 bits per heavy atom.